The van der Waals surface area contributed by atoms with Crippen LogP contribution in [0.25, 0.3) is 5.57 Å². The van der Waals surface area contributed by atoms with Crippen LogP contribution in [0.5, 0.6) is 0 Å². The summed E-state index contributed by atoms with van der Waals surface area (Å²) in [6, 6.07) is 4.89. The number of rotatable bonds is 3. The summed E-state index contributed by atoms with van der Waals surface area (Å²) in [4.78, 5) is 9.79. The van der Waals surface area contributed by atoms with E-state index in [0.717, 1.165) is 23.1 Å². The third-order valence-corrected chi connectivity index (χ3v) is 3.33. The van der Waals surface area contributed by atoms with E-state index in [-0.39, 0.29) is 11.8 Å². The van der Waals surface area contributed by atoms with Gasteiger partial charge in [0.25, 0.3) is 0 Å². The van der Waals surface area contributed by atoms with Gasteiger partial charge in [-0.3, -0.25) is 4.99 Å². The number of hydrogen-bond acceptors (Lipinski definition) is 1. The van der Waals surface area contributed by atoms with Crippen LogP contribution in [-0.4, -0.2) is 37.5 Å². The lowest BCUT2D eigenvalue weighted by Gasteiger charge is -2.09. The second-order valence-corrected chi connectivity index (χ2v) is 5.09. The van der Waals surface area contributed by atoms with Gasteiger partial charge in [-0.05, 0) is 41.7 Å². The normalized spacial score (nSPS) is 14.9. The summed E-state index contributed by atoms with van der Waals surface area (Å²) in [6.07, 6.45) is 3.65. The van der Waals surface area contributed by atoms with Gasteiger partial charge in [0.05, 0.1) is 0 Å². The fraction of sp³-hybridized carbons (Fsp3) is 0.333. The lowest BCUT2D eigenvalue weighted by molar-refractivity contribution is 0.615. The molecule has 2 rings (SSSR count). The average molecular weight is 289 g/mol. The predicted octanol–water partition coefficient (Wildman–Crippen LogP) is 1.35. The van der Waals surface area contributed by atoms with Crippen molar-refractivity contribution in [3.8, 4) is 0 Å². The van der Waals surface area contributed by atoms with E-state index in [1.165, 1.54) is 6.07 Å². The SMILES string of the molecule is CN(C)C(N)=NC(N)=NCCC1=CCc2ccc(F)cc21. The van der Waals surface area contributed by atoms with E-state index in [1.54, 1.807) is 25.1 Å². The number of nitrogens with zero attached hydrogens (tertiary/aromatic N) is 3. The van der Waals surface area contributed by atoms with Gasteiger partial charge in [-0.15, -0.1) is 0 Å². The minimum Gasteiger partial charge on any atom is -0.369 e. The Hall–Kier alpha value is -2.37. The Balaban J connectivity index is 1.97. The standard InChI is InChI=1S/C15H20FN5/c1-21(2)15(18)20-14(17)19-8-7-11-4-3-10-5-6-12(16)9-13(10)11/h4-6,9H,3,7-8H2,1-2H3,(H4,17,18,19,20). The second-order valence-electron chi connectivity index (χ2n) is 5.09. The van der Waals surface area contributed by atoms with Crippen molar-refractivity contribution in [1.29, 1.82) is 0 Å². The van der Waals surface area contributed by atoms with E-state index < -0.39 is 0 Å². The topological polar surface area (TPSA) is 80.0 Å². The maximum Gasteiger partial charge on any atom is 0.218 e. The Morgan fingerprint density at radius 1 is 1.33 bits per heavy atom. The molecule has 0 heterocycles. The number of allylic oxidation sites excluding steroid dienone is 1. The Bertz CT molecular complexity index is 616. The first-order chi connectivity index (χ1) is 9.97. The molecule has 0 spiro atoms. The first kappa shape index (κ1) is 15.0. The van der Waals surface area contributed by atoms with Crippen molar-refractivity contribution in [3.05, 3.63) is 41.2 Å². The van der Waals surface area contributed by atoms with E-state index in [2.05, 4.69) is 16.1 Å². The van der Waals surface area contributed by atoms with Gasteiger partial charge in [-0.2, -0.15) is 4.99 Å². The van der Waals surface area contributed by atoms with Crippen LogP contribution >= 0.6 is 0 Å². The van der Waals surface area contributed by atoms with Crippen molar-refractivity contribution in [2.24, 2.45) is 21.5 Å². The van der Waals surface area contributed by atoms with Crippen LogP contribution in [0.1, 0.15) is 17.5 Å². The number of guanidine groups is 2. The third kappa shape index (κ3) is 3.81. The number of fused-ring (bicyclic) bond motifs is 1. The molecule has 0 saturated heterocycles. The molecule has 0 bridgehead atoms. The summed E-state index contributed by atoms with van der Waals surface area (Å²) in [6.45, 7) is 0.498. The van der Waals surface area contributed by atoms with Crippen molar-refractivity contribution in [1.82, 2.24) is 4.90 Å². The van der Waals surface area contributed by atoms with Gasteiger partial charge in [0.2, 0.25) is 5.96 Å². The van der Waals surface area contributed by atoms with Crippen molar-refractivity contribution in [2.75, 3.05) is 20.6 Å². The monoisotopic (exact) mass is 289 g/mol. The molecule has 0 aliphatic heterocycles. The number of aliphatic imine (C=N–C) groups is 2. The average Bonchev–Trinajstić information content (AvgIpc) is 2.81. The molecular weight excluding hydrogens is 269 g/mol. The zero-order valence-electron chi connectivity index (χ0n) is 12.3. The van der Waals surface area contributed by atoms with Gasteiger partial charge in [0.15, 0.2) is 5.96 Å². The molecule has 4 N–H and O–H groups in total. The minimum absolute atomic E-state index is 0.152. The molecule has 112 valence electrons. The van der Waals surface area contributed by atoms with Gasteiger partial charge in [-0.25, -0.2) is 4.39 Å². The van der Waals surface area contributed by atoms with Crippen molar-refractivity contribution < 1.29 is 4.39 Å². The maximum atomic E-state index is 13.3. The smallest absolute Gasteiger partial charge is 0.218 e. The third-order valence-electron chi connectivity index (χ3n) is 3.33. The highest BCUT2D eigenvalue weighted by Gasteiger charge is 2.14. The highest BCUT2D eigenvalue weighted by Crippen LogP contribution is 2.30. The first-order valence-corrected chi connectivity index (χ1v) is 6.76. The van der Waals surface area contributed by atoms with Crippen LogP contribution in [0.3, 0.4) is 0 Å². The van der Waals surface area contributed by atoms with Gasteiger partial charge in [0.1, 0.15) is 5.82 Å². The maximum absolute atomic E-state index is 13.3. The molecule has 1 aliphatic rings. The molecule has 0 amide bonds. The molecule has 6 heteroatoms. The van der Waals surface area contributed by atoms with Crippen LogP contribution in [0.15, 0.2) is 34.3 Å². The van der Waals surface area contributed by atoms with Crippen LogP contribution in [0, 0.1) is 5.82 Å². The van der Waals surface area contributed by atoms with Crippen LogP contribution in [-0.2, 0) is 6.42 Å². The molecule has 0 fully saturated rings. The predicted molar refractivity (Wildman–Crippen MR) is 84.5 cm³/mol. The number of halogens is 1. The first-order valence-electron chi connectivity index (χ1n) is 6.76. The van der Waals surface area contributed by atoms with Crippen molar-refractivity contribution in [2.45, 2.75) is 12.8 Å². The quantitative estimate of drug-likeness (QED) is 0.651. The van der Waals surface area contributed by atoms with E-state index in [1.807, 2.05) is 6.07 Å². The van der Waals surface area contributed by atoms with E-state index >= 15 is 0 Å². The molecule has 5 nitrogen and oxygen atoms in total. The van der Waals surface area contributed by atoms with Gasteiger partial charge in [-0.1, -0.05) is 12.1 Å². The number of hydrogen-bond donors (Lipinski definition) is 2. The molecule has 0 aromatic heterocycles. The summed E-state index contributed by atoms with van der Waals surface area (Å²) in [5.74, 6) is 0.246. The Kier molecular flexibility index (Phi) is 4.57. The molecule has 1 aromatic rings. The summed E-state index contributed by atoms with van der Waals surface area (Å²) in [5.41, 5.74) is 14.6. The minimum atomic E-state index is -0.215. The van der Waals surface area contributed by atoms with E-state index in [9.17, 15) is 4.39 Å². The summed E-state index contributed by atoms with van der Waals surface area (Å²) in [5, 5.41) is 0. The zero-order chi connectivity index (χ0) is 15.4. The molecule has 0 radical (unpaired) electrons. The summed E-state index contributed by atoms with van der Waals surface area (Å²) in [7, 11) is 3.56. The molecule has 0 saturated carbocycles. The number of benzene rings is 1. The van der Waals surface area contributed by atoms with Crippen LogP contribution in [0.4, 0.5) is 4.39 Å². The molecule has 1 aliphatic carbocycles. The molecule has 1 aromatic carbocycles. The largest absolute Gasteiger partial charge is 0.369 e. The van der Waals surface area contributed by atoms with Crippen LogP contribution in [0.2, 0.25) is 0 Å². The highest BCUT2D eigenvalue weighted by molar-refractivity contribution is 5.93. The van der Waals surface area contributed by atoms with Crippen LogP contribution < -0.4 is 11.5 Å². The lowest BCUT2D eigenvalue weighted by atomic mass is 10.0. The van der Waals surface area contributed by atoms with E-state index in [4.69, 9.17) is 11.5 Å². The Morgan fingerprint density at radius 3 is 2.81 bits per heavy atom. The molecule has 21 heavy (non-hydrogen) atoms. The van der Waals surface area contributed by atoms with Gasteiger partial charge in [0, 0.05) is 20.6 Å². The fourth-order valence-electron chi connectivity index (χ4n) is 2.15. The Morgan fingerprint density at radius 2 is 2.10 bits per heavy atom. The summed E-state index contributed by atoms with van der Waals surface area (Å²) >= 11 is 0. The summed E-state index contributed by atoms with van der Waals surface area (Å²) < 4.78 is 13.3. The molecule has 0 unspecified atom stereocenters. The van der Waals surface area contributed by atoms with Crippen molar-refractivity contribution in [3.63, 3.8) is 0 Å². The molecule has 0 atom stereocenters. The van der Waals surface area contributed by atoms with E-state index in [0.29, 0.717) is 18.9 Å². The van der Waals surface area contributed by atoms with Crippen molar-refractivity contribution >= 4 is 17.5 Å². The fourth-order valence-corrected chi connectivity index (χ4v) is 2.15. The zero-order valence-corrected chi connectivity index (χ0v) is 12.3. The molecular formula is C15H20FN5. The van der Waals surface area contributed by atoms with Gasteiger partial charge < -0.3 is 16.4 Å². The highest BCUT2D eigenvalue weighted by atomic mass is 19.1. The lowest BCUT2D eigenvalue weighted by Crippen LogP contribution is -2.32. The Labute approximate surface area is 123 Å². The van der Waals surface area contributed by atoms with Gasteiger partial charge >= 0.3 is 0 Å². The number of nitrogens with two attached hydrogens (primary N) is 2. The second kappa shape index (κ2) is 6.39.